The molecule has 0 aromatic heterocycles. The van der Waals surface area contributed by atoms with Crippen LogP contribution < -0.4 is 15.2 Å². The third-order valence-electron chi connectivity index (χ3n) is 4.00. The minimum Gasteiger partial charge on any atom is -0.493 e. The SMILES string of the molecule is COc1ccc(CN2CCN(CCCN)CC2)cc1OC. The van der Waals surface area contributed by atoms with Crippen LogP contribution in [0, 0.1) is 0 Å². The topological polar surface area (TPSA) is 51.0 Å². The molecule has 5 nitrogen and oxygen atoms in total. The summed E-state index contributed by atoms with van der Waals surface area (Å²) in [6.07, 6.45) is 1.09. The zero-order chi connectivity index (χ0) is 15.1. The van der Waals surface area contributed by atoms with Gasteiger partial charge in [-0.2, -0.15) is 0 Å². The number of nitrogens with zero attached hydrogens (tertiary/aromatic N) is 2. The van der Waals surface area contributed by atoms with Crippen LogP contribution in [0.25, 0.3) is 0 Å². The average Bonchev–Trinajstić information content (AvgIpc) is 2.54. The van der Waals surface area contributed by atoms with E-state index in [1.54, 1.807) is 14.2 Å². The molecular formula is C16H27N3O2. The van der Waals surface area contributed by atoms with Crippen LogP contribution in [0.3, 0.4) is 0 Å². The number of methoxy groups -OCH3 is 2. The van der Waals surface area contributed by atoms with Gasteiger partial charge in [0.2, 0.25) is 0 Å². The van der Waals surface area contributed by atoms with Gasteiger partial charge in [-0.3, -0.25) is 4.90 Å². The Morgan fingerprint density at radius 3 is 2.29 bits per heavy atom. The fourth-order valence-corrected chi connectivity index (χ4v) is 2.72. The molecule has 1 aliphatic rings. The fourth-order valence-electron chi connectivity index (χ4n) is 2.72. The summed E-state index contributed by atoms with van der Waals surface area (Å²) in [7, 11) is 3.34. The summed E-state index contributed by atoms with van der Waals surface area (Å²) < 4.78 is 10.6. The Morgan fingerprint density at radius 2 is 1.67 bits per heavy atom. The first-order valence-electron chi connectivity index (χ1n) is 7.62. The highest BCUT2D eigenvalue weighted by atomic mass is 16.5. The first-order valence-corrected chi connectivity index (χ1v) is 7.62. The van der Waals surface area contributed by atoms with E-state index >= 15 is 0 Å². The van der Waals surface area contributed by atoms with Gasteiger partial charge in [0.15, 0.2) is 11.5 Å². The number of rotatable bonds is 7. The minimum absolute atomic E-state index is 0.784. The van der Waals surface area contributed by atoms with E-state index in [1.807, 2.05) is 6.07 Å². The molecule has 0 amide bonds. The van der Waals surface area contributed by atoms with E-state index in [9.17, 15) is 0 Å². The van der Waals surface area contributed by atoms with Crippen molar-refractivity contribution in [1.82, 2.24) is 9.80 Å². The van der Waals surface area contributed by atoms with E-state index in [0.717, 1.165) is 63.7 Å². The number of hydrogen-bond donors (Lipinski definition) is 1. The zero-order valence-electron chi connectivity index (χ0n) is 13.2. The van der Waals surface area contributed by atoms with Crippen molar-refractivity contribution >= 4 is 0 Å². The molecule has 0 atom stereocenters. The van der Waals surface area contributed by atoms with Gasteiger partial charge >= 0.3 is 0 Å². The second kappa shape index (κ2) is 8.22. The van der Waals surface area contributed by atoms with Crippen LogP contribution in [0.4, 0.5) is 0 Å². The maximum atomic E-state index is 5.57. The highest BCUT2D eigenvalue weighted by Gasteiger charge is 2.17. The number of hydrogen-bond acceptors (Lipinski definition) is 5. The summed E-state index contributed by atoms with van der Waals surface area (Å²) in [5.74, 6) is 1.59. The van der Waals surface area contributed by atoms with Gasteiger partial charge in [-0.15, -0.1) is 0 Å². The lowest BCUT2D eigenvalue weighted by atomic mass is 10.1. The number of benzene rings is 1. The van der Waals surface area contributed by atoms with Crippen LogP contribution >= 0.6 is 0 Å². The van der Waals surface area contributed by atoms with Crippen LogP contribution in [0.5, 0.6) is 11.5 Å². The molecule has 21 heavy (non-hydrogen) atoms. The highest BCUT2D eigenvalue weighted by Crippen LogP contribution is 2.28. The first kappa shape index (κ1) is 16.1. The summed E-state index contributed by atoms with van der Waals surface area (Å²) in [5, 5.41) is 0. The molecule has 0 aliphatic carbocycles. The highest BCUT2D eigenvalue weighted by molar-refractivity contribution is 5.42. The summed E-state index contributed by atoms with van der Waals surface area (Å²) in [5.41, 5.74) is 6.83. The Hall–Kier alpha value is -1.30. The monoisotopic (exact) mass is 293 g/mol. The van der Waals surface area contributed by atoms with Gasteiger partial charge in [0.25, 0.3) is 0 Å². The van der Waals surface area contributed by atoms with E-state index in [-0.39, 0.29) is 0 Å². The van der Waals surface area contributed by atoms with Gasteiger partial charge in [0.05, 0.1) is 14.2 Å². The lowest BCUT2D eigenvalue weighted by Crippen LogP contribution is -2.46. The van der Waals surface area contributed by atoms with E-state index < -0.39 is 0 Å². The molecule has 1 fully saturated rings. The van der Waals surface area contributed by atoms with Gasteiger partial charge in [-0.05, 0) is 37.2 Å². The second-order valence-electron chi connectivity index (χ2n) is 5.45. The molecule has 0 bridgehead atoms. The van der Waals surface area contributed by atoms with E-state index in [2.05, 4.69) is 21.9 Å². The number of ether oxygens (including phenoxy) is 2. The molecule has 1 aromatic carbocycles. The molecule has 5 heteroatoms. The molecule has 0 spiro atoms. The summed E-state index contributed by atoms with van der Waals surface area (Å²) >= 11 is 0. The maximum Gasteiger partial charge on any atom is 0.161 e. The van der Waals surface area contributed by atoms with Crippen molar-refractivity contribution in [2.24, 2.45) is 5.73 Å². The van der Waals surface area contributed by atoms with Crippen molar-refractivity contribution in [3.63, 3.8) is 0 Å². The van der Waals surface area contributed by atoms with Crippen molar-refractivity contribution in [3.05, 3.63) is 23.8 Å². The molecule has 0 radical (unpaired) electrons. The zero-order valence-corrected chi connectivity index (χ0v) is 13.2. The van der Waals surface area contributed by atoms with Crippen LogP contribution in [-0.2, 0) is 6.54 Å². The molecule has 2 N–H and O–H groups in total. The third kappa shape index (κ3) is 4.59. The number of nitrogens with two attached hydrogens (primary N) is 1. The van der Waals surface area contributed by atoms with Crippen molar-refractivity contribution in [2.45, 2.75) is 13.0 Å². The van der Waals surface area contributed by atoms with Crippen LogP contribution in [0.1, 0.15) is 12.0 Å². The predicted molar refractivity (Wildman–Crippen MR) is 84.9 cm³/mol. The fraction of sp³-hybridized carbons (Fsp3) is 0.625. The minimum atomic E-state index is 0.784. The van der Waals surface area contributed by atoms with E-state index in [4.69, 9.17) is 15.2 Å². The van der Waals surface area contributed by atoms with Crippen LogP contribution in [-0.4, -0.2) is 63.3 Å². The standard InChI is InChI=1S/C16H27N3O2/c1-20-15-5-4-14(12-16(15)21-2)13-19-10-8-18(9-11-19)7-3-6-17/h4-5,12H,3,6-11,13,17H2,1-2H3. The third-order valence-corrected chi connectivity index (χ3v) is 4.00. The molecular weight excluding hydrogens is 266 g/mol. The van der Waals surface area contributed by atoms with Crippen molar-refractivity contribution < 1.29 is 9.47 Å². The van der Waals surface area contributed by atoms with Gasteiger partial charge in [0.1, 0.15) is 0 Å². The van der Waals surface area contributed by atoms with E-state index in [1.165, 1.54) is 5.56 Å². The van der Waals surface area contributed by atoms with Gasteiger partial charge < -0.3 is 20.1 Å². The Morgan fingerprint density at radius 1 is 1.00 bits per heavy atom. The molecule has 1 saturated heterocycles. The Balaban J connectivity index is 1.86. The van der Waals surface area contributed by atoms with Crippen molar-refractivity contribution in [2.75, 3.05) is 53.5 Å². The predicted octanol–water partition coefficient (Wildman–Crippen LogP) is 1.17. The smallest absolute Gasteiger partial charge is 0.161 e. The number of piperazine rings is 1. The lowest BCUT2D eigenvalue weighted by molar-refractivity contribution is 0.126. The molecule has 0 unspecified atom stereocenters. The van der Waals surface area contributed by atoms with Gasteiger partial charge in [-0.25, -0.2) is 0 Å². The maximum absolute atomic E-state index is 5.57. The lowest BCUT2D eigenvalue weighted by Gasteiger charge is -2.34. The Labute approximate surface area is 127 Å². The summed E-state index contributed by atoms with van der Waals surface area (Å²) in [6, 6.07) is 6.16. The van der Waals surface area contributed by atoms with Crippen molar-refractivity contribution in [1.29, 1.82) is 0 Å². The Kier molecular flexibility index (Phi) is 6.29. The van der Waals surface area contributed by atoms with Gasteiger partial charge in [0, 0.05) is 32.7 Å². The molecule has 1 aliphatic heterocycles. The Bertz CT molecular complexity index is 432. The second-order valence-corrected chi connectivity index (χ2v) is 5.45. The summed E-state index contributed by atoms with van der Waals surface area (Å²) in [4.78, 5) is 4.98. The summed E-state index contributed by atoms with van der Waals surface area (Å²) in [6.45, 7) is 7.36. The quantitative estimate of drug-likeness (QED) is 0.818. The van der Waals surface area contributed by atoms with Crippen LogP contribution in [0.15, 0.2) is 18.2 Å². The molecule has 1 aromatic rings. The van der Waals surface area contributed by atoms with Crippen LogP contribution in [0.2, 0.25) is 0 Å². The molecule has 1 heterocycles. The normalized spacial score (nSPS) is 16.9. The largest absolute Gasteiger partial charge is 0.493 e. The molecule has 2 rings (SSSR count). The average molecular weight is 293 g/mol. The van der Waals surface area contributed by atoms with Gasteiger partial charge in [-0.1, -0.05) is 6.07 Å². The molecule has 118 valence electrons. The van der Waals surface area contributed by atoms with E-state index in [0.29, 0.717) is 0 Å². The van der Waals surface area contributed by atoms with Crippen molar-refractivity contribution in [3.8, 4) is 11.5 Å². The first-order chi connectivity index (χ1) is 10.3. The molecule has 0 saturated carbocycles.